The Hall–Kier alpha value is -2.76. The van der Waals surface area contributed by atoms with Crippen LogP contribution in [-0.2, 0) is 11.3 Å². The third kappa shape index (κ3) is 7.10. The van der Waals surface area contributed by atoms with E-state index in [-0.39, 0.29) is 18.3 Å². The fraction of sp³-hybridized carbons (Fsp3) is 0.409. The van der Waals surface area contributed by atoms with E-state index in [1.54, 1.807) is 25.3 Å². The molecule has 2 aromatic carbocycles. The Morgan fingerprint density at radius 2 is 1.75 bits per heavy atom. The second-order valence-electron chi connectivity index (χ2n) is 6.35. The molecule has 5 nitrogen and oxygen atoms in total. The smallest absolute Gasteiger partial charge is 0.220 e. The van der Waals surface area contributed by atoms with Crippen LogP contribution >= 0.6 is 0 Å². The predicted octanol–water partition coefficient (Wildman–Crippen LogP) is 4.49. The third-order valence-electron chi connectivity index (χ3n) is 4.12. The van der Waals surface area contributed by atoms with Crippen LogP contribution in [0.5, 0.6) is 17.2 Å². The average Bonchev–Trinajstić information content (AvgIpc) is 2.71. The van der Waals surface area contributed by atoms with Gasteiger partial charge in [-0.2, -0.15) is 0 Å². The number of benzene rings is 2. The second kappa shape index (κ2) is 11.8. The molecule has 0 aromatic heterocycles. The maximum Gasteiger partial charge on any atom is 0.220 e. The highest BCUT2D eigenvalue weighted by Gasteiger charge is 2.08. The van der Waals surface area contributed by atoms with Crippen LogP contribution in [0.25, 0.3) is 0 Å². The molecule has 0 unspecified atom stereocenters. The van der Waals surface area contributed by atoms with E-state index in [0.717, 1.165) is 18.4 Å². The van der Waals surface area contributed by atoms with E-state index >= 15 is 0 Å². The lowest BCUT2D eigenvalue weighted by Crippen LogP contribution is -2.23. The Kier molecular flexibility index (Phi) is 9.11. The third-order valence-corrected chi connectivity index (χ3v) is 4.12. The molecule has 0 heterocycles. The molecule has 0 spiro atoms. The molecule has 0 aliphatic heterocycles. The van der Waals surface area contributed by atoms with Gasteiger partial charge in [-0.25, -0.2) is 4.39 Å². The van der Waals surface area contributed by atoms with Crippen molar-refractivity contribution < 1.29 is 23.4 Å². The van der Waals surface area contributed by atoms with E-state index in [9.17, 15) is 9.18 Å². The van der Waals surface area contributed by atoms with E-state index in [2.05, 4.69) is 12.2 Å². The maximum absolute atomic E-state index is 13.4. The van der Waals surface area contributed by atoms with Crippen LogP contribution in [0.15, 0.2) is 42.5 Å². The first-order valence-corrected chi connectivity index (χ1v) is 9.57. The topological polar surface area (TPSA) is 56.8 Å². The first kappa shape index (κ1) is 21.5. The molecule has 0 saturated carbocycles. The van der Waals surface area contributed by atoms with Gasteiger partial charge in [0, 0.05) is 13.0 Å². The molecule has 28 heavy (non-hydrogen) atoms. The summed E-state index contributed by atoms with van der Waals surface area (Å²) < 4.78 is 29.9. The van der Waals surface area contributed by atoms with E-state index in [0.29, 0.717) is 37.5 Å². The monoisotopic (exact) mass is 389 g/mol. The largest absolute Gasteiger partial charge is 0.493 e. The number of carbonyl (C=O) groups excluding carboxylic acids is 1. The molecule has 0 aliphatic rings. The van der Waals surface area contributed by atoms with Crippen molar-refractivity contribution in [3.05, 3.63) is 53.8 Å². The van der Waals surface area contributed by atoms with E-state index in [1.807, 2.05) is 18.2 Å². The molecular formula is C22H28FNO4. The van der Waals surface area contributed by atoms with Gasteiger partial charge in [-0.05, 0) is 42.7 Å². The zero-order chi connectivity index (χ0) is 20.2. The second-order valence-corrected chi connectivity index (χ2v) is 6.35. The predicted molar refractivity (Wildman–Crippen MR) is 106 cm³/mol. The lowest BCUT2D eigenvalue weighted by molar-refractivity contribution is -0.121. The van der Waals surface area contributed by atoms with Gasteiger partial charge in [-0.15, -0.1) is 0 Å². The Morgan fingerprint density at radius 1 is 1.00 bits per heavy atom. The van der Waals surface area contributed by atoms with E-state index < -0.39 is 5.82 Å². The number of nitrogens with one attached hydrogen (secondary N) is 1. The van der Waals surface area contributed by atoms with Crippen molar-refractivity contribution in [1.29, 1.82) is 0 Å². The van der Waals surface area contributed by atoms with Crippen LogP contribution in [0.1, 0.15) is 38.2 Å². The number of halogens is 1. The van der Waals surface area contributed by atoms with Crippen LogP contribution in [0.4, 0.5) is 4.39 Å². The quantitative estimate of drug-likeness (QED) is 0.544. The summed E-state index contributed by atoms with van der Waals surface area (Å²) in [7, 11) is 1.60. The number of para-hydroxylation sites is 1. The van der Waals surface area contributed by atoms with Crippen molar-refractivity contribution in [1.82, 2.24) is 5.32 Å². The number of unbranched alkanes of at least 4 members (excludes halogenated alkanes) is 1. The summed E-state index contributed by atoms with van der Waals surface area (Å²) in [4.78, 5) is 12.0. The van der Waals surface area contributed by atoms with E-state index in [1.165, 1.54) is 6.07 Å². The summed E-state index contributed by atoms with van der Waals surface area (Å²) in [6.45, 7) is 3.45. The van der Waals surface area contributed by atoms with Crippen LogP contribution in [-0.4, -0.2) is 26.2 Å². The summed E-state index contributed by atoms with van der Waals surface area (Å²) in [5.74, 6) is 1.08. The first-order valence-electron chi connectivity index (χ1n) is 9.57. The first-order chi connectivity index (χ1) is 13.6. The molecule has 1 N–H and O–H groups in total. The molecule has 2 aromatic rings. The standard InChI is InChI=1S/C22H28FNO4/c1-3-4-13-28-20-12-11-17(15-21(20)26-2)16-24-22(25)10-7-14-27-19-9-6-5-8-18(19)23/h5-6,8-9,11-12,15H,3-4,7,10,13-14,16H2,1-2H3,(H,24,25). The number of amides is 1. The summed E-state index contributed by atoms with van der Waals surface area (Å²) >= 11 is 0. The molecular weight excluding hydrogens is 361 g/mol. The van der Waals surface area contributed by atoms with Crippen molar-refractivity contribution in [3.63, 3.8) is 0 Å². The van der Waals surface area contributed by atoms with Crippen LogP contribution in [0.2, 0.25) is 0 Å². The molecule has 0 atom stereocenters. The van der Waals surface area contributed by atoms with Gasteiger partial charge in [0.2, 0.25) is 5.91 Å². The summed E-state index contributed by atoms with van der Waals surface area (Å²) in [6.07, 6.45) is 2.87. The fourth-order valence-electron chi connectivity index (χ4n) is 2.53. The van der Waals surface area contributed by atoms with Crippen LogP contribution in [0, 0.1) is 5.82 Å². The minimum absolute atomic E-state index is 0.0839. The molecule has 0 saturated heterocycles. The highest BCUT2D eigenvalue weighted by molar-refractivity contribution is 5.75. The van der Waals surface area contributed by atoms with Gasteiger partial charge in [0.15, 0.2) is 23.1 Å². The molecule has 0 aliphatic carbocycles. The molecule has 0 fully saturated rings. The zero-order valence-electron chi connectivity index (χ0n) is 16.5. The van der Waals surface area contributed by atoms with Gasteiger partial charge in [0.05, 0.1) is 20.3 Å². The minimum Gasteiger partial charge on any atom is -0.493 e. The molecule has 0 bridgehead atoms. The van der Waals surface area contributed by atoms with Crippen molar-refractivity contribution in [2.75, 3.05) is 20.3 Å². The molecule has 1 amide bonds. The normalized spacial score (nSPS) is 10.4. The van der Waals surface area contributed by atoms with Crippen molar-refractivity contribution >= 4 is 5.91 Å². The number of carbonyl (C=O) groups is 1. The number of methoxy groups -OCH3 is 1. The number of hydrogen-bond donors (Lipinski definition) is 1. The number of rotatable bonds is 12. The van der Waals surface area contributed by atoms with Crippen molar-refractivity contribution in [2.24, 2.45) is 0 Å². The van der Waals surface area contributed by atoms with Gasteiger partial charge >= 0.3 is 0 Å². The molecule has 2 rings (SSSR count). The Bertz CT molecular complexity index is 751. The minimum atomic E-state index is -0.400. The Morgan fingerprint density at radius 3 is 2.50 bits per heavy atom. The van der Waals surface area contributed by atoms with Gasteiger partial charge in [-0.3, -0.25) is 4.79 Å². The highest BCUT2D eigenvalue weighted by atomic mass is 19.1. The Balaban J connectivity index is 1.72. The van der Waals surface area contributed by atoms with Crippen molar-refractivity contribution in [3.8, 4) is 17.2 Å². The maximum atomic E-state index is 13.4. The molecule has 152 valence electrons. The zero-order valence-corrected chi connectivity index (χ0v) is 16.5. The molecule has 0 radical (unpaired) electrons. The lowest BCUT2D eigenvalue weighted by Gasteiger charge is -2.12. The summed E-state index contributed by atoms with van der Waals surface area (Å²) in [6, 6.07) is 11.9. The molecule has 6 heteroatoms. The Labute approximate surface area is 165 Å². The summed E-state index contributed by atoms with van der Waals surface area (Å²) in [5, 5.41) is 2.87. The lowest BCUT2D eigenvalue weighted by atomic mass is 10.2. The summed E-state index contributed by atoms with van der Waals surface area (Å²) in [5.41, 5.74) is 0.927. The SMILES string of the molecule is CCCCOc1ccc(CNC(=O)CCCOc2ccccc2F)cc1OC. The van der Waals surface area contributed by atoms with Gasteiger partial charge in [0.1, 0.15) is 0 Å². The van der Waals surface area contributed by atoms with Gasteiger partial charge in [0.25, 0.3) is 0 Å². The van der Waals surface area contributed by atoms with Crippen molar-refractivity contribution in [2.45, 2.75) is 39.2 Å². The van der Waals surface area contributed by atoms with Gasteiger partial charge < -0.3 is 19.5 Å². The fourth-order valence-corrected chi connectivity index (χ4v) is 2.53. The van der Waals surface area contributed by atoms with E-state index in [4.69, 9.17) is 14.2 Å². The highest BCUT2D eigenvalue weighted by Crippen LogP contribution is 2.28. The van der Waals surface area contributed by atoms with Gasteiger partial charge in [-0.1, -0.05) is 31.5 Å². The number of ether oxygens (including phenoxy) is 3. The van der Waals surface area contributed by atoms with Crippen LogP contribution in [0.3, 0.4) is 0 Å². The number of hydrogen-bond acceptors (Lipinski definition) is 4. The van der Waals surface area contributed by atoms with Crippen LogP contribution < -0.4 is 19.5 Å². The average molecular weight is 389 g/mol.